The highest BCUT2D eigenvalue weighted by atomic mass is 16.5. The lowest BCUT2D eigenvalue weighted by Crippen LogP contribution is -2.23. The van der Waals surface area contributed by atoms with E-state index in [0.717, 1.165) is 19.4 Å². The van der Waals surface area contributed by atoms with Crippen molar-refractivity contribution in [3.05, 3.63) is 42.2 Å². The van der Waals surface area contributed by atoms with Crippen LogP contribution in [0.2, 0.25) is 0 Å². The molecule has 0 amide bonds. The van der Waals surface area contributed by atoms with Gasteiger partial charge in [0.15, 0.2) is 0 Å². The number of ether oxygens (including phenoxy) is 1. The van der Waals surface area contributed by atoms with Crippen LogP contribution >= 0.6 is 0 Å². The van der Waals surface area contributed by atoms with E-state index in [2.05, 4.69) is 34.6 Å². The SMILES string of the molecule is CNC(CCC1CCCCO1)c1cccc2ccncc12. The number of aromatic nitrogens is 1. The molecule has 1 aliphatic heterocycles. The van der Waals surface area contributed by atoms with Gasteiger partial charge in [0.25, 0.3) is 0 Å². The number of pyridine rings is 1. The predicted molar refractivity (Wildman–Crippen MR) is 86.4 cm³/mol. The number of fused-ring (bicyclic) bond motifs is 1. The molecule has 0 aliphatic carbocycles. The fourth-order valence-corrected chi connectivity index (χ4v) is 3.28. The topological polar surface area (TPSA) is 34.1 Å². The maximum absolute atomic E-state index is 5.86. The van der Waals surface area contributed by atoms with Gasteiger partial charge in [-0.1, -0.05) is 18.2 Å². The molecular formula is C18H24N2O. The van der Waals surface area contributed by atoms with Crippen LogP contribution in [0.5, 0.6) is 0 Å². The average Bonchev–Trinajstić information content (AvgIpc) is 2.56. The lowest BCUT2D eigenvalue weighted by molar-refractivity contribution is 0.00868. The van der Waals surface area contributed by atoms with E-state index < -0.39 is 0 Å². The molecule has 1 aliphatic rings. The summed E-state index contributed by atoms with van der Waals surface area (Å²) in [6.45, 7) is 0.938. The second kappa shape index (κ2) is 7.01. The molecular weight excluding hydrogens is 260 g/mol. The van der Waals surface area contributed by atoms with E-state index in [1.807, 2.05) is 19.4 Å². The molecule has 21 heavy (non-hydrogen) atoms. The van der Waals surface area contributed by atoms with Crippen molar-refractivity contribution >= 4 is 10.8 Å². The Morgan fingerprint density at radius 3 is 3.10 bits per heavy atom. The van der Waals surface area contributed by atoms with Crippen molar-refractivity contribution in [3.63, 3.8) is 0 Å². The third-order valence-electron chi connectivity index (χ3n) is 4.49. The summed E-state index contributed by atoms with van der Waals surface area (Å²) in [5.74, 6) is 0. The molecule has 3 heteroatoms. The van der Waals surface area contributed by atoms with E-state index in [4.69, 9.17) is 4.74 Å². The van der Waals surface area contributed by atoms with Crippen LogP contribution in [-0.4, -0.2) is 24.7 Å². The van der Waals surface area contributed by atoms with Gasteiger partial charge in [-0.2, -0.15) is 0 Å². The van der Waals surface area contributed by atoms with Gasteiger partial charge >= 0.3 is 0 Å². The van der Waals surface area contributed by atoms with Crippen LogP contribution in [0.1, 0.15) is 43.7 Å². The average molecular weight is 284 g/mol. The number of benzene rings is 1. The summed E-state index contributed by atoms with van der Waals surface area (Å²) in [6.07, 6.45) is 10.3. The molecule has 2 atom stereocenters. The van der Waals surface area contributed by atoms with E-state index >= 15 is 0 Å². The van der Waals surface area contributed by atoms with Gasteiger partial charge in [0, 0.05) is 30.4 Å². The first-order valence-corrected chi connectivity index (χ1v) is 8.00. The molecule has 0 bridgehead atoms. The molecule has 1 aromatic heterocycles. The van der Waals surface area contributed by atoms with Crippen LogP contribution < -0.4 is 5.32 Å². The van der Waals surface area contributed by atoms with Gasteiger partial charge in [-0.25, -0.2) is 0 Å². The van der Waals surface area contributed by atoms with Crippen molar-refractivity contribution < 1.29 is 4.74 Å². The Bertz CT molecular complexity index is 573. The Labute approximate surface area is 126 Å². The minimum absolute atomic E-state index is 0.364. The van der Waals surface area contributed by atoms with Crippen molar-refractivity contribution in [2.24, 2.45) is 0 Å². The highest BCUT2D eigenvalue weighted by Gasteiger charge is 2.18. The Balaban J connectivity index is 1.75. The molecule has 3 nitrogen and oxygen atoms in total. The molecule has 1 fully saturated rings. The van der Waals surface area contributed by atoms with Crippen molar-refractivity contribution in [1.82, 2.24) is 10.3 Å². The fourth-order valence-electron chi connectivity index (χ4n) is 3.28. The van der Waals surface area contributed by atoms with E-state index in [0.29, 0.717) is 12.1 Å². The Morgan fingerprint density at radius 2 is 2.29 bits per heavy atom. The molecule has 1 saturated heterocycles. The third-order valence-corrected chi connectivity index (χ3v) is 4.49. The first-order chi connectivity index (χ1) is 10.4. The molecule has 0 spiro atoms. The van der Waals surface area contributed by atoms with Crippen LogP contribution in [-0.2, 0) is 4.74 Å². The quantitative estimate of drug-likeness (QED) is 0.905. The second-order valence-corrected chi connectivity index (χ2v) is 5.85. The Morgan fingerprint density at radius 1 is 1.33 bits per heavy atom. The molecule has 1 N–H and O–H groups in total. The summed E-state index contributed by atoms with van der Waals surface area (Å²) < 4.78 is 5.86. The van der Waals surface area contributed by atoms with Crippen molar-refractivity contribution in [1.29, 1.82) is 0 Å². The summed E-state index contributed by atoms with van der Waals surface area (Å²) in [6, 6.07) is 8.95. The van der Waals surface area contributed by atoms with Gasteiger partial charge in [0.05, 0.1) is 6.10 Å². The van der Waals surface area contributed by atoms with E-state index in [1.165, 1.54) is 35.6 Å². The van der Waals surface area contributed by atoms with Gasteiger partial charge < -0.3 is 10.1 Å². The number of nitrogens with one attached hydrogen (secondary N) is 1. The van der Waals surface area contributed by atoms with Crippen LogP contribution in [0.15, 0.2) is 36.7 Å². The summed E-state index contributed by atoms with van der Waals surface area (Å²) in [7, 11) is 2.04. The largest absolute Gasteiger partial charge is 0.378 e. The molecule has 1 aromatic carbocycles. The number of hydrogen-bond donors (Lipinski definition) is 1. The standard InChI is InChI=1S/C18H24N2O/c1-19-18(9-8-15-6-2-3-12-21-15)16-7-4-5-14-10-11-20-13-17(14)16/h4-5,7,10-11,13,15,18-19H,2-3,6,8-9,12H2,1H3. The van der Waals surface area contributed by atoms with Crippen LogP contribution in [0, 0.1) is 0 Å². The maximum Gasteiger partial charge on any atom is 0.0575 e. The first-order valence-electron chi connectivity index (χ1n) is 8.00. The first kappa shape index (κ1) is 14.5. The maximum atomic E-state index is 5.86. The van der Waals surface area contributed by atoms with Crippen LogP contribution in [0.4, 0.5) is 0 Å². The van der Waals surface area contributed by atoms with E-state index in [1.54, 1.807) is 0 Å². The van der Waals surface area contributed by atoms with Gasteiger partial charge in [-0.05, 0) is 56.2 Å². The second-order valence-electron chi connectivity index (χ2n) is 5.85. The van der Waals surface area contributed by atoms with Gasteiger partial charge in [0.2, 0.25) is 0 Å². The Hall–Kier alpha value is -1.45. The number of nitrogens with zero attached hydrogens (tertiary/aromatic N) is 1. The van der Waals surface area contributed by atoms with Crippen molar-refractivity contribution in [2.75, 3.05) is 13.7 Å². The summed E-state index contributed by atoms with van der Waals surface area (Å²) in [5.41, 5.74) is 1.35. The molecule has 2 aromatic rings. The zero-order chi connectivity index (χ0) is 14.5. The van der Waals surface area contributed by atoms with Gasteiger partial charge in [0.1, 0.15) is 0 Å². The highest BCUT2D eigenvalue weighted by molar-refractivity contribution is 5.85. The third kappa shape index (κ3) is 3.42. The Kier molecular flexibility index (Phi) is 4.84. The lowest BCUT2D eigenvalue weighted by atomic mass is 9.94. The van der Waals surface area contributed by atoms with Crippen LogP contribution in [0.25, 0.3) is 10.8 Å². The van der Waals surface area contributed by atoms with Crippen molar-refractivity contribution in [3.8, 4) is 0 Å². The lowest BCUT2D eigenvalue weighted by Gasteiger charge is -2.25. The molecule has 2 heterocycles. The van der Waals surface area contributed by atoms with E-state index in [9.17, 15) is 0 Å². The highest BCUT2D eigenvalue weighted by Crippen LogP contribution is 2.28. The van der Waals surface area contributed by atoms with E-state index in [-0.39, 0.29) is 0 Å². The summed E-state index contributed by atoms with van der Waals surface area (Å²) >= 11 is 0. The number of hydrogen-bond acceptors (Lipinski definition) is 3. The minimum Gasteiger partial charge on any atom is -0.378 e. The van der Waals surface area contributed by atoms with Gasteiger partial charge in [-0.3, -0.25) is 4.98 Å². The fraction of sp³-hybridized carbons (Fsp3) is 0.500. The minimum atomic E-state index is 0.364. The summed E-state index contributed by atoms with van der Waals surface area (Å²) in [5, 5.41) is 5.98. The molecule has 0 saturated carbocycles. The molecule has 112 valence electrons. The molecule has 2 unspecified atom stereocenters. The zero-order valence-electron chi connectivity index (χ0n) is 12.7. The zero-order valence-corrected chi connectivity index (χ0v) is 12.7. The van der Waals surface area contributed by atoms with Crippen LogP contribution in [0.3, 0.4) is 0 Å². The van der Waals surface area contributed by atoms with Crippen molar-refractivity contribution in [2.45, 2.75) is 44.2 Å². The van der Waals surface area contributed by atoms with Gasteiger partial charge in [-0.15, -0.1) is 0 Å². The molecule has 0 radical (unpaired) electrons. The summed E-state index contributed by atoms with van der Waals surface area (Å²) in [4.78, 5) is 4.29. The molecule has 3 rings (SSSR count). The monoisotopic (exact) mass is 284 g/mol. The smallest absolute Gasteiger partial charge is 0.0575 e. The number of rotatable bonds is 5. The normalized spacial score (nSPS) is 20.5. The predicted octanol–water partition coefficient (Wildman–Crippen LogP) is 3.84.